The first-order valence-electron chi connectivity index (χ1n) is 8.17. The van der Waals surface area contributed by atoms with Crippen molar-refractivity contribution in [3.8, 4) is 5.75 Å². The van der Waals surface area contributed by atoms with Crippen molar-refractivity contribution in [3.05, 3.63) is 29.8 Å². The molecule has 1 N–H and O–H groups in total. The van der Waals surface area contributed by atoms with Crippen LogP contribution in [0.25, 0.3) is 0 Å². The van der Waals surface area contributed by atoms with E-state index in [4.69, 9.17) is 4.74 Å². The fraction of sp³-hybridized carbons (Fsp3) is 0.667. The summed E-state index contributed by atoms with van der Waals surface area (Å²) in [6.45, 7) is 3.12. The fourth-order valence-electron chi connectivity index (χ4n) is 2.85. The highest BCUT2D eigenvalue weighted by atomic mass is 16.5. The monoisotopic (exact) mass is 275 g/mol. The lowest BCUT2D eigenvalue weighted by atomic mass is 9.90. The van der Waals surface area contributed by atoms with Crippen LogP contribution >= 0.6 is 0 Å². The molecule has 0 aromatic heterocycles. The Balaban J connectivity index is 1.73. The van der Waals surface area contributed by atoms with Gasteiger partial charge in [0, 0.05) is 6.04 Å². The van der Waals surface area contributed by atoms with Crippen molar-refractivity contribution in [3.63, 3.8) is 0 Å². The largest absolute Gasteiger partial charge is 0.493 e. The minimum atomic E-state index is 0.581. The Bertz CT molecular complexity index is 368. The molecule has 0 radical (unpaired) electrons. The average Bonchev–Trinajstić information content (AvgIpc) is 2.52. The third kappa shape index (κ3) is 5.16. The molecular formula is C18H29NO. The second kappa shape index (κ2) is 8.31. The van der Waals surface area contributed by atoms with Gasteiger partial charge in [0.2, 0.25) is 0 Å². The molecule has 0 saturated heterocycles. The van der Waals surface area contributed by atoms with Crippen LogP contribution in [0, 0.1) is 5.92 Å². The first kappa shape index (κ1) is 15.4. The van der Waals surface area contributed by atoms with Crippen molar-refractivity contribution >= 4 is 0 Å². The number of hydrogen-bond donors (Lipinski definition) is 1. The maximum Gasteiger partial charge on any atom is 0.119 e. The van der Waals surface area contributed by atoms with Gasteiger partial charge in [0.05, 0.1) is 6.61 Å². The van der Waals surface area contributed by atoms with Crippen LogP contribution in [0.4, 0.5) is 0 Å². The maximum absolute atomic E-state index is 5.93. The zero-order chi connectivity index (χ0) is 14.2. The van der Waals surface area contributed by atoms with Crippen LogP contribution in [-0.4, -0.2) is 19.7 Å². The van der Waals surface area contributed by atoms with E-state index in [0.29, 0.717) is 6.04 Å². The highest BCUT2D eigenvalue weighted by molar-refractivity contribution is 5.27. The van der Waals surface area contributed by atoms with Gasteiger partial charge < -0.3 is 10.1 Å². The van der Waals surface area contributed by atoms with Crippen LogP contribution in [-0.2, 0) is 6.42 Å². The highest BCUT2D eigenvalue weighted by Gasteiger charge is 2.13. The van der Waals surface area contributed by atoms with E-state index in [9.17, 15) is 0 Å². The molecule has 112 valence electrons. The van der Waals surface area contributed by atoms with Gasteiger partial charge in [-0.15, -0.1) is 0 Å². The Hall–Kier alpha value is -1.02. The summed E-state index contributed by atoms with van der Waals surface area (Å²) in [6.07, 6.45) is 9.19. The Morgan fingerprint density at radius 2 is 1.85 bits per heavy atom. The molecule has 0 amide bonds. The number of benzene rings is 1. The van der Waals surface area contributed by atoms with Crippen molar-refractivity contribution in [2.45, 2.75) is 57.9 Å². The molecule has 1 aromatic carbocycles. The third-order valence-electron chi connectivity index (χ3n) is 4.49. The molecular weight excluding hydrogens is 246 g/mol. The van der Waals surface area contributed by atoms with Crippen LogP contribution < -0.4 is 10.1 Å². The van der Waals surface area contributed by atoms with Crippen molar-refractivity contribution in [1.82, 2.24) is 5.32 Å². The van der Waals surface area contributed by atoms with E-state index in [2.05, 4.69) is 36.5 Å². The van der Waals surface area contributed by atoms with Gasteiger partial charge in [0.25, 0.3) is 0 Å². The molecule has 2 heteroatoms. The molecule has 1 fully saturated rings. The molecule has 1 unspecified atom stereocenters. The predicted molar refractivity (Wildman–Crippen MR) is 85.4 cm³/mol. The van der Waals surface area contributed by atoms with Gasteiger partial charge in [-0.1, -0.05) is 31.4 Å². The molecule has 0 spiro atoms. The Morgan fingerprint density at radius 3 is 2.50 bits per heavy atom. The van der Waals surface area contributed by atoms with Gasteiger partial charge in [-0.3, -0.25) is 0 Å². The van der Waals surface area contributed by atoms with Crippen molar-refractivity contribution < 1.29 is 4.74 Å². The highest BCUT2D eigenvalue weighted by Crippen LogP contribution is 2.24. The Morgan fingerprint density at radius 1 is 1.15 bits per heavy atom. The van der Waals surface area contributed by atoms with E-state index in [0.717, 1.165) is 24.7 Å². The van der Waals surface area contributed by atoms with Crippen LogP contribution in [0.5, 0.6) is 5.75 Å². The summed E-state index contributed by atoms with van der Waals surface area (Å²) in [5.74, 6) is 1.81. The summed E-state index contributed by atoms with van der Waals surface area (Å²) in [5.41, 5.74) is 1.40. The van der Waals surface area contributed by atoms with Crippen LogP contribution in [0.2, 0.25) is 0 Å². The molecule has 20 heavy (non-hydrogen) atoms. The number of aryl methyl sites for hydroxylation is 1. The standard InChI is InChI=1S/C18H29NO/c1-15(19-2)8-9-16-10-12-18(13-11-16)20-14-17-6-4-3-5-7-17/h10-13,15,17,19H,3-9,14H2,1-2H3. The summed E-state index contributed by atoms with van der Waals surface area (Å²) >= 11 is 0. The van der Waals surface area contributed by atoms with Gasteiger partial charge in [-0.05, 0) is 63.3 Å². The lowest BCUT2D eigenvalue weighted by molar-refractivity contribution is 0.209. The van der Waals surface area contributed by atoms with E-state index in [1.54, 1.807) is 0 Å². The number of rotatable bonds is 7. The van der Waals surface area contributed by atoms with Crippen molar-refractivity contribution in [1.29, 1.82) is 0 Å². The normalized spacial score (nSPS) is 17.9. The topological polar surface area (TPSA) is 21.3 Å². The van der Waals surface area contributed by atoms with Gasteiger partial charge in [-0.2, -0.15) is 0 Å². The molecule has 1 atom stereocenters. The summed E-state index contributed by atoms with van der Waals surface area (Å²) in [6, 6.07) is 9.25. The lowest BCUT2D eigenvalue weighted by Gasteiger charge is -2.21. The molecule has 2 rings (SSSR count). The minimum absolute atomic E-state index is 0.581. The number of nitrogens with one attached hydrogen (secondary N) is 1. The van der Waals surface area contributed by atoms with Crippen molar-refractivity contribution in [2.24, 2.45) is 5.92 Å². The van der Waals surface area contributed by atoms with E-state index < -0.39 is 0 Å². The predicted octanol–water partition coefficient (Wildman–Crippen LogP) is 4.19. The summed E-state index contributed by atoms with van der Waals surface area (Å²) in [5, 5.41) is 3.28. The summed E-state index contributed by atoms with van der Waals surface area (Å²) in [7, 11) is 2.02. The van der Waals surface area contributed by atoms with Crippen molar-refractivity contribution in [2.75, 3.05) is 13.7 Å². The average molecular weight is 275 g/mol. The second-order valence-electron chi connectivity index (χ2n) is 6.19. The molecule has 1 aromatic rings. The van der Waals surface area contributed by atoms with E-state index >= 15 is 0 Å². The first-order chi connectivity index (χ1) is 9.78. The SMILES string of the molecule is CNC(C)CCc1ccc(OCC2CCCCC2)cc1. The summed E-state index contributed by atoms with van der Waals surface area (Å²) in [4.78, 5) is 0. The van der Waals surface area contributed by atoms with E-state index in [1.807, 2.05) is 7.05 Å². The summed E-state index contributed by atoms with van der Waals surface area (Å²) < 4.78 is 5.93. The van der Waals surface area contributed by atoms with Gasteiger partial charge >= 0.3 is 0 Å². The second-order valence-corrected chi connectivity index (χ2v) is 6.19. The third-order valence-corrected chi connectivity index (χ3v) is 4.49. The smallest absolute Gasteiger partial charge is 0.119 e. The van der Waals surface area contributed by atoms with E-state index in [-0.39, 0.29) is 0 Å². The Kier molecular flexibility index (Phi) is 6.38. The minimum Gasteiger partial charge on any atom is -0.493 e. The molecule has 0 heterocycles. The molecule has 2 nitrogen and oxygen atoms in total. The lowest BCUT2D eigenvalue weighted by Crippen LogP contribution is -2.21. The van der Waals surface area contributed by atoms with Gasteiger partial charge in [-0.25, -0.2) is 0 Å². The van der Waals surface area contributed by atoms with Gasteiger partial charge in [0.1, 0.15) is 5.75 Å². The maximum atomic E-state index is 5.93. The van der Waals surface area contributed by atoms with Crippen LogP contribution in [0.3, 0.4) is 0 Å². The quantitative estimate of drug-likeness (QED) is 0.806. The zero-order valence-corrected chi connectivity index (χ0v) is 13.0. The molecule has 1 saturated carbocycles. The number of ether oxygens (including phenoxy) is 1. The molecule has 0 bridgehead atoms. The van der Waals surface area contributed by atoms with Crippen LogP contribution in [0.15, 0.2) is 24.3 Å². The van der Waals surface area contributed by atoms with E-state index in [1.165, 1.54) is 44.1 Å². The van der Waals surface area contributed by atoms with Crippen LogP contribution in [0.1, 0.15) is 51.0 Å². The molecule has 1 aliphatic carbocycles. The Labute approximate surface area is 123 Å². The molecule has 1 aliphatic rings. The zero-order valence-electron chi connectivity index (χ0n) is 13.0. The molecule has 0 aliphatic heterocycles. The number of hydrogen-bond acceptors (Lipinski definition) is 2. The first-order valence-corrected chi connectivity index (χ1v) is 8.17. The van der Waals surface area contributed by atoms with Gasteiger partial charge in [0.15, 0.2) is 0 Å². The fourth-order valence-corrected chi connectivity index (χ4v) is 2.85.